The molecule has 4 heteroatoms. The quantitative estimate of drug-likeness (QED) is 0.889. The second-order valence-electron chi connectivity index (χ2n) is 8.56. The number of aliphatic hydroxyl groups is 1. The van der Waals surface area contributed by atoms with Crippen LogP contribution in [0.3, 0.4) is 0 Å². The third-order valence-corrected chi connectivity index (χ3v) is 6.24. The first-order valence-corrected chi connectivity index (χ1v) is 9.83. The number of anilines is 1. The second-order valence-corrected chi connectivity index (χ2v) is 8.56. The summed E-state index contributed by atoms with van der Waals surface area (Å²) < 4.78 is 0. The summed E-state index contributed by atoms with van der Waals surface area (Å²) in [4.78, 5) is 7.47. The molecule has 1 N–H and O–H groups in total. The number of piperidine rings is 2. The minimum Gasteiger partial charge on any atom is -0.396 e. The van der Waals surface area contributed by atoms with Crippen molar-refractivity contribution in [2.75, 3.05) is 51.8 Å². The topological polar surface area (TPSA) is 30.0 Å². The number of aliphatic hydroxyl groups excluding tert-OH is 1. The third-order valence-electron chi connectivity index (χ3n) is 6.24. The van der Waals surface area contributed by atoms with Gasteiger partial charge in [0, 0.05) is 43.9 Å². The van der Waals surface area contributed by atoms with Crippen molar-refractivity contribution < 1.29 is 5.11 Å². The summed E-state index contributed by atoms with van der Waals surface area (Å²) in [7, 11) is 4.49. The van der Waals surface area contributed by atoms with E-state index in [1.165, 1.54) is 43.6 Å². The zero-order chi connectivity index (χ0) is 17.9. The van der Waals surface area contributed by atoms with Crippen LogP contribution in [0.5, 0.6) is 0 Å². The summed E-state index contributed by atoms with van der Waals surface area (Å²) in [5.74, 6) is 0. The van der Waals surface area contributed by atoms with E-state index in [-0.39, 0.29) is 5.41 Å². The molecule has 1 atom stereocenters. The van der Waals surface area contributed by atoms with Crippen LogP contribution in [0.15, 0.2) is 24.3 Å². The fourth-order valence-electron chi connectivity index (χ4n) is 4.50. The van der Waals surface area contributed by atoms with Gasteiger partial charge in [-0.2, -0.15) is 0 Å². The zero-order valence-electron chi connectivity index (χ0n) is 16.2. The molecule has 2 aliphatic heterocycles. The summed E-state index contributed by atoms with van der Waals surface area (Å²) in [6.45, 7) is 8.02. The fraction of sp³-hybridized carbons (Fsp3) is 0.714. The molecule has 0 amide bonds. The van der Waals surface area contributed by atoms with E-state index in [4.69, 9.17) is 0 Å². The first kappa shape index (κ1) is 18.7. The van der Waals surface area contributed by atoms with Crippen molar-refractivity contribution in [3.05, 3.63) is 29.8 Å². The van der Waals surface area contributed by atoms with E-state index in [1.807, 2.05) is 0 Å². The molecule has 0 aromatic heterocycles. The van der Waals surface area contributed by atoms with E-state index < -0.39 is 0 Å². The highest BCUT2D eigenvalue weighted by Crippen LogP contribution is 2.32. The highest BCUT2D eigenvalue weighted by atomic mass is 16.3. The lowest BCUT2D eigenvalue weighted by Crippen LogP contribution is -2.44. The Morgan fingerprint density at radius 3 is 2.64 bits per heavy atom. The molecule has 2 aliphatic rings. The maximum Gasteiger partial charge on any atom is 0.0497 e. The molecular weight excluding hydrogens is 310 g/mol. The van der Waals surface area contributed by atoms with Gasteiger partial charge in [0.1, 0.15) is 0 Å². The minimum absolute atomic E-state index is 0.0625. The van der Waals surface area contributed by atoms with Crippen LogP contribution in [0.25, 0.3) is 0 Å². The highest BCUT2D eigenvalue weighted by molar-refractivity contribution is 5.54. The predicted molar refractivity (Wildman–Crippen MR) is 105 cm³/mol. The standard InChI is InChI=1S/C21H35N3O/c1-21(17-25)11-6-12-24(16-21)15-18-7-4-5-8-20(18)23(3)19-9-13-22(2)14-10-19/h4-5,7-8,19,25H,6,9-17H2,1-3H3. The Morgan fingerprint density at radius 1 is 1.20 bits per heavy atom. The molecule has 4 nitrogen and oxygen atoms in total. The molecule has 0 bridgehead atoms. The van der Waals surface area contributed by atoms with Gasteiger partial charge in [-0.3, -0.25) is 4.90 Å². The number of nitrogens with zero attached hydrogens (tertiary/aromatic N) is 3. The number of para-hydroxylation sites is 1. The molecule has 1 aromatic carbocycles. The van der Waals surface area contributed by atoms with Crippen LogP contribution >= 0.6 is 0 Å². The van der Waals surface area contributed by atoms with Crippen molar-refractivity contribution in [3.63, 3.8) is 0 Å². The van der Waals surface area contributed by atoms with Crippen molar-refractivity contribution >= 4 is 5.69 Å². The second kappa shape index (κ2) is 8.07. The Bertz CT molecular complexity index is 556. The van der Waals surface area contributed by atoms with E-state index in [0.717, 1.165) is 26.1 Å². The average molecular weight is 346 g/mol. The molecule has 25 heavy (non-hydrogen) atoms. The van der Waals surface area contributed by atoms with E-state index in [0.29, 0.717) is 12.6 Å². The minimum atomic E-state index is 0.0625. The first-order valence-electron chi connectivity index (χ1n) is 9.83. The summed E-state index contributed by atoms with van der Waals surface area (Å²) >= 11 is 0. The summed E-state index contributed by atoms with van der Waals surface area (Å²) in [5.41, 5.74) is 2.87. The van der Waals surface area contributed by atoms with E-state index in [1.54, 1.807) is 0 Å². The van der Waals surface area contributed by atoms with Gasteiger partial charge in [-0.1, -0.05) is 25.1 Å². The van der Waals surface area contributed by atoms with Crippen LogP contribution in [0, 0.1) is 5.41 Å². The lowest BCUT2D eigenvalue weighted by atomic mass is 9.82. The molecule has 3 rings (SSSR count). The summed E-state index contributed by atoms with van der Waals surface area (Å²) in [5, 5.41) is 9.73. The van der Waals surface area contributed by atoms with E-state index in [9.17, 15) is 5.11 Å². The third kappa shape index (κ3) is 4.55. The number of hydrogen-bond acceptors (Lipinski definition) is 4. The molecule has 1 aromatic rings. The molecule has 0 saturated carbocycles. The van der Waals surface area contributed by atoms with Gasteiger partial charge in [0.25, 0.3) is 0 Å². The van der Waals surface area contributed by atoms with Crippen molar-refractivity contribution in [3.8, 4) is 0 Å². The highest BCUT2D eigenvalue weighted by Gasteiger charge is 2.31. The van der Waals surface area contributed by atoms with Gasteiger partial charge in [-0.25, -0.2) is 0 Å². The van der Waals surface area contributed by atoms with Gasteiger partial charge in [0.2, 0.25) is 0 Å². The van der Waals surface area contributed by atoms with Gasteiger partial charge in [-0.05, 0) is 64.0 Å². The Kier molecular flexibility index (Phi) is 6.03. The molecule has 2 fully saturated rings. The van der Waals surface area contributed by atoms with Crippen LogP contribution in [-0.2, 0) is 6.54 Å². The number of likely N-dealkylation sites (tertiary alicyclic amines) is 2. The maximum absolute atomic E-state index is 9.73. The summed E-state index contributed by atoms with van der Waals surface area (Å²) in [6.07, 6.45) is 4.81. The number of rotatable bonds is 5. The van der Waals surface area contributed by atoms with Crippen molar-refractivity contribution in [1.82, 2.24) is 9.80 Å². The molecule has 140 valence electrons. The van der Waals surface area contributed by atoms with Crippen molar-refractivity contribution in [2.24, 2.45) is 5.41 Å². The Labute approximate surface area is 153 Å². The van der Waals surface area contributed by atoms with Crippen molar-refractivity contribution in [1.29, 1.82) is 0 Å². The van der Waals surface area contributed by atoms with Gasteiger partial charge >= 0.3 is 0 Å². The monoisotopic (exact) mass is 345 g/mol. The van der Waals surface area contributed by atoms with Crippen LogP contribution < -0.4 is 4.90 Å². The molecule has 2 saturated heterocycles. The number of benzene rings is 1. The smallest absolute Gasteiger partial charge is 0.0497 e. The van der Waals surface area contributed by atoms with Gasteiger partial charge in [0.15, 0.2) is 0 Å². The number of hydrogen-bond donors (Lipinski definition) is 1. The van der Waals surface area contributed by atoms with Gasteiger partial charge in [0.05, 0.1) is 0 Å². The van der Waals surface area contributed by atoms with E-state index >= 15 is 0 Å². The SMILES string of the molecule is CN1CCC(N(C)c2ccccc2CN2CCCC(C)(CO)C2)CC1. The first-order chi connectivity index (χ1) is 12.0. The Balaban J connectivity index is 1.70. The van der Waals surface area contributed by atoms with Crippen LogP contribution in [0.1, 0.15) is 38.2 Å². The van der Waals surface area contributed by atoms with Gasteiger partial charge in [-0.15, -0.1) is 0 Å². The van der Waals surface area contributed by atoms with Crippen LogP contribution in [0.4, 0.5) is 5.69 Å². The molecule has 0 radical (unpaired) electrons. The largest absolute Gasteiger partial charge is 0.396 e. The predicted octanol–water partition coefficient (Wildman–Crippen LogP) is 2.81. The van der Waals surface area contributed by atoms with Crippen molar-refractivity contribution in [2.45, 2.75) is 45.2 Å². The fourth-order valence-corrected chi connectivity index (χ4v) is 4.50. The van der Waals surface area contributed by atoms with Crippen LogP contribution in [0.2, 0.25) is 0 Å². The van der Waals surface area contributed by atoms with Gasteiger partial charge < -0.3 is 14.9 Å². The van der Waals surface area contributed by atoms with E-state index in [2.05, 4.69) is 60.0 Å². The Hall–Kier alpha value is -1.10. The summed E-state index contributed by atoms with van der Waals surface area (Å²) in [6, 6.07) is 9.53. The maximum atomic E-state index is 9.73. The molecule has 0 aliphatic carbocycles. The molecular formula is C21H35N3O. The Morgan fingerprint density at radius 2 is 1.92 bits per heavy atom. The average Bonchev–Trinajstić information content (AvgIpc) is 2.62. The zero-order valence-corrected chi connectivity index (χ0v) is 16.2. The molecule has 1 unspecified atom stereocenters. The molecule has 0 spiro atoms. The molecule has 2 heterocycles. The lowest BCUT2D eigenvalue weighted by molar-refractivity contribution is 0.0430. The van der Waals surface area contributed by atoms with Crippen LogP contribution in [-0.4, -0.2) is 67.8 Å². The lowest BCUT2D eigenvalue weighted by Gasteiger charge is -2.41. The normalized spacial score (nSPS) is 26.7.